The van der Waals surface area contributed by atoms with Gasteiger partial charge in [0.1, 0.15) is 5.82 Å². The fourth-order valence-electron chi connectivity index (χ4n) is 2.36. The maximum Gasteiger partial charge on any atom is 0.190 e. The molecule has 0 saturated carbocycles. The molecule has 7 heteroatoms. The van der Waals surface area contributed by atoms with Gasteiger partial charge in [-0.3, -0.25) is 4.99 Å². The van der Waals surface area contributed by atoms with E-state index in [-0.39, 0.29) is 29.8 Å². The smallest absolute Gasteiger partial charge is 0.190 e. The number of thiazole rings is 1. The van der Waals surface area contributed by atoms with Crippen molar-refractivity contribution >= 4 is 41.3 Å². The maximum atomic E-state index is 13.5. The van der Waals surface area contributed by atoms with Gasteiger partial charge in [0.25, 0.3) is 0 Å². The molecule has 0 amide bonds. The minimum Gasteiger partial charge on any atom is -0.356 e. The Balaban J connectivity index is 0.00000312. The van der Waals surface area contributed by atoms with Gasteiger partial charge in [-0.1, -0.05) is 18.2 Å². The standard InChI is InChI=1S/C18H25FN4S.HI/c1-14-13-24-17(23-14)9-5-6-11-21-18(20-2)22-12-10-15-7-3-4-8-16(15)19;/h3-4,7-8,13H,5-6,9-12H2,1-2H3,(H2,20,21,22);1H. The van der Waals surface area contributed by atoms with Gasteiger partial charge >= 0.3 is 0 Å². The van der Waals surface area contributed by atoms with E-state index < -0.39 is 0 Å². The summed E-state index contributed by atoms with van der Waals surface area (Å²) >= 11 is 1.73. The van der Waals surface area contributed by atoms with Crippen molar-refractivity contribution < 1.29 is 4.39 Å². The molecule has 25 heavy (non-hydrogen) atoms. The van der Waals surface area contributed by atoms with Crippen LogP contribution in [0.2, 0.25) is 0 Å². The highest BCUT2D eigenvalue weighted by Gasteiger charge is 2.02. The van der Waals surface area contributed by atoms with E-state index >= 15 is 0 Å². The molecule has 0 aliphatic carbocycles. The van der Waals surface area contributed by atoms with Gasteiger partial charge in [0.05, 0.1) is 5.01 Å². The lowest BCUT2D eigenvalue weighted by Gasteiger charge is -2.12. The molecular formula is C18H26FIN4S. The quantitative estimate of drug-likeness (QED) is 0.263. The van der Waals surface area contributed by atoms with Crippen molar-refractivity contribution in [1.29, 1.82) is 0 Å². The zero-order valence-electron chi connectivity index (χ0n) is 14.7. The molecule has 0 saturated heterocycles. The molecule has 138 valence electrons. The van der Waals surface area contributed by atoms with E-state index in [0.29, 0.717) is 13.0 Å². The molecule has 1 heterocycles. The van der Waals surface area contributed by atoms with Crippen LogP contribution in [0.3, 0.4) is 0 Å². The Hall–Kier alpha value is -1.22. The third-order valence-corrected chi connectivity index (χ3v) is 4.67. The molecule has 0 atom stereocenters. The van der Waals surface area contributed by atoms with Crippen molar-refractivity contribution in [1.82, 2.24) is 15.6 Å². The fraction of sp³-hybridized carbons (Fsp3) is 0.444. The molecule has 0 spiro atoms. The van der Waals surface area contributed by atoms with Gasteiger partial charge < -0.3 is 10.6 Å². The normalized spacial score (nSPS) is 11.1. The average molecular weight is 476 g/mol. The van der Waals surface area contributed by atoms with Crippen molar-refractivity contribution in [2.45, 2.75) is 32.6 Å². The van der Waals surface area contributed by atoms with Crippen molar-refractivity contribution in [2.24, 2.45) is 4.99 Å². The lowest BCUT2D eigenvalue weighted by atomic mass is 10.1. The second-order valence-corrected chi connectivity index (χ2v) is 6.55. The zero-order chi connectivity index (χ0) is 17.2. The van der Waals surface area contributed by atoms with E-state index in [1.165, 1.54) is 11.1 Å². The zero-order valence-corrected chi connectivity index (χ0v) is 17.9. The Morgan fingerprint density at radius 3 is 2.60 bits per heavy atom. The molecule has 2 N–H and O–H groups in total. The highest BCUT2D eigenvalue weighted by Crippen LogP contribution is 2.11. The van der Waals surface area contributed by atoms with E-state index in [0.717, 1.165) is 43.0 Å². The average Bonchev–Trinajstić information content (AvgIpc) is 3.00. The van der Waals surface area contributed by atoms with Gasteiger partial charge in [-0.2, -0.15) is 0 Å². The molecule has 0 bridgehead atoms. The summed E-state index contributed by atoms with van der Waals surface area (Å²) in [5.41, 5.74) is 1.83. The van der Waals surface area contributed by atoms with Gasteiger partial charge in [-0.15, -0.1) is 35.3 Å². The highest BCUT2D eigenvalue weighted by molar-refractivity contribution is 14.0. The third kappa shape index (κ3) is 8.13. The monoisotopic (exact) mass is 476 g/mol. The number of aromatic nitrogens is 1. The predicted molar refractivity (Wildman–Crippen MR) is 115 cm³/mol. The molecule has 2 aromatic rings. The van der Waals surface area contributed by atoms with Crippen LogP contribution in [0, 0.1) is 12.7 Å². The first-order chi connectivity index (χ1) is 11.7. The van der Waals surface area contributed by atoms with E-state index in [2.05, 4.69) is 26.0 Å². The number of rotatable bonds is 8. The minimum atomic E-state index is -0.153. The molecular weight excluding hydrogens is 450 g/mol. The van der Waals surface area contributed by atoms with Crippen LogP contribution in [0.5, 0.6) is 0 Å². The van der Waals surface area contributed by atoms with E-state index in [9.17, 15) is 4.39 Å². The molecule has 1 aromatic heterocycles. The second-order valence-electron chi connectivity index (χ2n) is 5.61. The number of aryl methyl sites for hydroxylation is 2. The predicted octanol–water partition coefficient (Wildman–Crippen LogP) is 3.94. The SMILES string of the molecule is CN=C(NCCCCc1nc(C)cs1)NCCc1ccccc1F.I. The number of hydrogen-bond acceptors (Lipinski definition) is 3. The number of guanidine groups is 1. The molecule has 4 nitrogen and oxygen atoms in total. The van der Waals surface area contributed by atoms with Crippen LogP contribution in [0.15, 0.2) is 34.6 Å². The highest BCUT2D eigenvalue weighted by atomic mass is 127. The third-order valence-electron chi connectivity index (χ3n) is 3.64. The largest absolute Gasteiger partial charge is 0.356 e. The van der Waals surface area contributed by atoms with Crippen molar-refractivity contribution in [3.8, 4) is 0 Å². The summed E-state index contributed by atoms with van der Waals surface area (Å²) < 4.78 is 13.5. The Morgan fingerprint density at radius 1 is 1.16 bits per heavy atom. The van der Waals surface area contributed by atoms with Crippen molar-refractivity contribution in [2.75, 3.05) is 20.1 Å². The van der Waals surface area contributed by atoms with Crippen LogP contribution in [-0.4, -0.2) is 31.1 Å². The van der Waals surface area contributed by atoms with Crippen LogP contribution in [-0.2, 0) is 12.8 Å². The number of benzene rings is 1. The second kappa shape index (κ2) is 12.2. The van der Waals surface area contributed by atoms with Gasteiger partial charge in [0, 0.05) is 31.2 Å². The summed E-state index contributed by atoms with van der Waals surface area (Å²) in [5.74, 6) is 0.608. The van der Waals surface area contributed by atoms with Gasteiger partial charge in [0.2, 0.25) is 0 Å². The lowest BCUT2D eigenvalue weighted by molar-refractivity contribution is 0.606. The molecule has 0 unspecified atom stereocenters. The summed E-state index contributed by atoms with van der Waals surface area (Å²) in [7, 11) is 1.75. The Kier molecular flexibility index (Phi) is 10.6. The van der Waals surface area contributed by atoms with Crippen LogP contribution in [0.1, 0.15) is 29.1 Å². The Morgan fingerprint density at radius 2 is 1.92 bits per heavy atom. The lowest BCUT2D eigenvalue weighted by Crippen LogP contribution is -2.38. The van der Waals surface area contributed by atoms with Gasteiger partial charge in [-0.25, -0.2) is 9.37 Å². The number of nitrogens with zero attached hydrogens (tertiary/aromatic N) is 2. The van der Waals surface area contributed by atoms with Gasteiger partial charge in [-0.05, 0) is 44.2 Å². The van der Waals surface area contributed by atoms with Crippen LogP contribution < -0.4 is 10.6 Å². The summed E-state index contributed by atoms with van der Waals surface area (Å²) in [6.45, 7) is 3.54. The number of hydrogen-bond donors (Lipinski definition) is 2. The molecule has 1 aromatic carbocycles. The Bertz CT molecular complexity index is 660. The van der Waals surface area contributed by atoms with Crippen LogP contribution >= 0.6 is 35.3 Å². The number of halogens is 2. The van der Waals surface area contributed by atoms with E-state index in [4.69, 9.17) is 0 Å². The van der Waals surface area contributed by atoms with E-state index in [1.54, 1.807) is 24.5 Å². The molecule has 0 radical (unpaired) electrons. The van der Waals surface area contributed by atoms with Gasteiger partial charge in [0.15, 0.2) is 5.96 Å². The summed E-state index contributed by atoms with van der Waals surface area (Å²) in [5, 5.41) is 9.81. The molecule has 2 rings (SSSR count). The van der Waals surface area contributed by atoms with Crippen LogP contribution in [0.25, 0.3) is 0 Å². The number of nitrogens with one attached hydrogen (secondary N) is 2. The maximum absolute atomic E-state index is 13.5. The number of unbranched alkanes of at least 4 members (excludes halogenated alkanes) is 1. The number of aliphatic imine (C=N–C) groups is 1. The minimum absolute atomic E-state index is 0. The first kappa shape index (κ1) is 21.8. The summed E-state index contributed by atoms with van der Waals surface area (Å²) in [4.78, 5) is 8.66. The fourth-order valence-corrected chi connectivity index (χ4v) is 3.18. The van der Waals surface area contributed by atoms with Crippen molar-refractivity contribution in [3.63, 3.8) is 0 Å². The first-order valence-electron chi connectivity index (χ1n) is 8.28. The summed E-state index contributed by atoms with van der Waals surface area (Å²) in [6.07, 6.45) is 3.83. The van der Waals surface area contributed by atoms with Crippen molar-refractivity contribution in [3.05, 3.63) is 51.7 Å². The molecule has 0 aliphatic rings. The topological polar surface area (TPSA) is 49.3 Å². The Labute approximate surface area is 170 Å². The first-order valence-corrected chi connectivity index (χ1v) is 9.16. The molecule has 0 aliphatic heterocycles. The summed E-state index contributed by atoms with van der Waals surface area (Å²) in [6, 6.07) is 6.87. The van der Waals surface area contributed by atoms with Crippen LogP contribution in [0.4, 0.5) is 4.39 Å². The van der Waals surface area contributed by atoms with E-state index in [1.807, 2.05) is 19.1 Å². The molecule has 0 fully saturated rings.